The number of ketones is 1. The number of benzene rings is 2. The maximum absolute atomic E-state index is 14.3. The number of nitrogens with one attached hydrogen (secondary N) is 1. The van der Waals surface area contributed by atoms with Crippen molar-refractivity contribution in [2.24, 2.45) is 0 Å². The number of carbonyl (C=O) groups excluding carboxylic acids is 1. The van der Waals surface area contributed by atoms with E-state index in [1.807, 2.05) is 0 Å². The Bertz CT molecular complexity index is 1410. The zero-order valence-electron chi connectivity index (χ0n) is 17.8. The molecule has 1 saturated carbocycles. The van der Waals surface area contributed by atoms with Crippen LogP contribution in [0.1, 0.15) is 36.1 Å². The molecule has 0 unspecified atom stereocenters. The minimum Gasteiger partial charge on any atom is -0.487 e. The van der Waals surface area contributed by atoms with Crippen molar-refractivity contribution in [1.82, 2.24) is 4.98 Å². The number of ether oxygens (including phenoxy) is 1. The fourth-order valence-electron chi connectivity index (χ4n) is 4.55. The highest BCUT2D eigenvalue weighted by Crippen LogP contribution is 2.53. The van der Waals surface area contributed by atoms with Crippen LogP contribution >= 0.6 is 11.6 Å². The fraction of sp³-hybridized carbons (Fsp3) is 0.250. The lowest BCUT2D eigenvalue weighted by Gasteiger charge is -2.37. The first-order valence-corrected chi connectivity index (χ1v) is 12.5. The summed E-state index contributed by atoms with van der Waals surface area (Å²) >= 11 is 5.74. The van der Waals surface area contributed by atoms with Crippen molar-refractivity contribution >= 4 is 33.1 Å². The minimum absolute atomic E-state index is 0.00404. The number of nitrogens with zero attached hydrogens (tertiary/aromatic N) is 1. The molecule has 1 fully saturated rings. The molecule has 1 aromatic heterocycles. The number of hydrogen-bond acceptors (Lipinski definition) is 5. The Balaban J connectivity index is 1.52. The van der Waals surface area contributed by atoms with Gasteiger partial charge >= 0.3 is 0 Å². The SMILES string of the molecule is O=C1Cc2c(OCc3ccc(F)cn3)cc(NS(=O)(=O)c3ccc(Cl)cc3F)cc2C12CCC2. The summed E-state index contributed by atoms with van der Waals surface area (Å²) in [5.74, 6) is -1.06. The second kappa shape index (κ2) is 8.32. The lowest BCUT2D eigenvalue weighted by Crippen LogP contribution is -2.39. The van der Waals surface area contributed by atoms with E-state index in [0.29, 0.717) is 29.8 Å². The number of Topliss-reactive ketones (excluding diaryl/α,β-unsaturated/α-hetero) is 1. The molecule has 2 aromatic carbocycles. The number of rotatable bonds is 6. The van der Waals surface area contributed by atoms with Crippen molar-refractivity contribution in [2.45, 2.75) is 42.6 Å². The van der Waals surface area contributed by atoms with E-state index < -0.39 is 32.0 Å². The van der Waals surface area contributed by atoms with E-state index in [1.165, 1.54) is 24.3 Å². The molecule has 0 saturated heterocycles. The quantitative estimate of drug-likeness (QED) is 0.514. The minimum atomic E-state index is -4.28. The van der Waals surface area contributed by atoms with Crippen LogP contribution in [0.25, 0.3) is 0 Å². The van der Waals surface area contributed by atoms with Crippen molar-refractivity contribution in [3.63, 3.8) is 0 Å². The van der Waals surface area contributed by atoms with Gasteiger partial charge < -0.3 is 4.74 Å². The largest absolute Gasteiger partial charge is 0.487 e. The van der Waals surface area contributed by atoms with E-state index in [0.717, 1.165) is 30.3 Å². The van der Waals surface area contributed by atoms with Gasteiger partial charge in [-0.3, -0.25) is 14.5 Å². The van der Waals surface area contributed by atoms with Crippen LogP contribution in [0.15, 0.2) is 53.6 Å². The average molecular weight is 505 g/mol. The summed E-state index contributed by atoms with van der Waals surface area (Å²) < 4.78 is 61.6. The molecular formula is C24H19ClF2N2O4S. The molecule has 0 atom stereocenters. The number of anilines is 1. The molecule has 176 valence electrons. The topological polar surface area (TPSA) is 85.4 Å². The number of carbonyl (C=O) groups is 1. The molecule has 1 N–H and O–H groups in total. The van der Waals surface area contributed by atoms with Crippen LogP contribution in [0.4, 0.5) is 14.5 Å². The van der Waals surface area contributed by atoms with Gasteiger partial charge in [-0.1, -0.05) is 18.0 Å². The molecule has 3 aromatic rings. The van der Waals surface area contributed by atoms with Gasteiger partial charge in [0.25, 0.3) is 10.0 Å². The summed E-state index contributed by atoms with van der Waals surface area (Å²) in [5, 5.41) is 0.0736. The van der Waals surface area contributed by atoms with Gasteiger partial charge in [-0.2, -0.15) is 0 Å². The van der Waals surface area contributed by atoms with Gasteiger partial charge in [0.1, 0.15) is 34.7 Å². The zero-order valence-corrected chi connectivity index (χ0v) is 19.3. The number of sulfonamides is 1. The Morgan fingerprint density at radius 3 is 2.56 bits per heavy atom. The molecule has 1 spiro atoms. The second-order valence-corrected chi connectivity index (χ2v) is 10.6. The maximum atomic E-state index is 14.3. The summed E-state index contributed by atoms with van der Waals surface area (Å²) in [4.78, 5) is 16.3. The average Bonchev–Trinajstić information content (AvgIpc) is 3.04. The Labute approximate surface area is 200 Å². The summed E-state index contributed by atoms with van der Waals surface area (Å²) in [6.07, 6.45) is 3.51. The van der Waals surface area contributed by atoms with Crippen LogP contribution in [0, 0.1) is 11.6 Å². The number of hydrogen-bond donors (Lipinski definition) is 1. The van der Waals surface area contributed by atoms with Gasteiger partial charge in [0.05, 0.1) is 23.0 Å². The first-order valence-electron chi connectivity index (χ1n) is 10.6. The third-order valence-corrected chi connectivity index (χ3v) is 8.05. The van der Waals surface area contributed by atoms with Crippen molar-refractivity contribution in [3.05, 3.63) is 82.1 Å². The van der Waals surface area contributed by atoms with E-state index >= 15 is 0 Å². The molecule has 2 aliphatic rings. The van der Waals surface area contributed by atoms with Gasteiger partial charge in [0.15, 0.2) is 0 Å². The Morgan fingerprint density at radius 1 is 1.12 bits per heavy atom. The number of fused-ring (bicyclic) bond motifs is 2. The van der Waals surface area contributed by atoms with Crippen molar-refractivity contribution in [2.75, 3.05) is 4.72 Å². The van der Waals surface area contributed by atoms with E-state index in [2.05, 4.69) is 9.71 Å². The molecule has 34 heavy (non-hydrogen) atoms. The molecule has 1 heterocycles. The van der Waals surface area contributed by atoms with Crippen molar-refractivity contribution in [1.29, 1.82) is 0 Å². The molecule has 2 aliphatic carbocycles. The Morgan fingerprint density at radius 2 is 1.91 bits per heavy atom. The van der Waals surface area contributed by atoms with Gasteiger partial charge in [-0.05, 0) is 54.8 Å². The predicted molar refractivity (Wildman–Crippen MR) is 121 cm³/mol. The van der Waals surface area contributed by atoms with Gasteiger partial charge in [0.2, 0.25) is 0 Å². The highest BCUT2D eigenvalue weighted by Gasteiger charge is 2.51. The standard InChI is InChI=1S/C24H19ClF2N2O4S/c25-14-2-5-22(20(27)8-14)34(31,32)29-17-9-19-18(11-23(30)24(19)6-1-7-24)21(10-17)33-13-16-4-3-15(26)12-28-16/h2-5,8-10,12,29H,1,6-7,11,13H2. The predicted octanol–water partition coefficient (Wildman–Crippen LogP) is 4.94. The molecule has 0 bridgehead atoms. The highest BCUT2D eigenvalue weighted by molar-refractivity contribution is 7.92. The van der Waals surface area contributed by atoms with Crippen LogP contribution in [-0.4, -0.2) is 19.2 Å². The molecule has 10 heteroatoms. The van der Waals surface area contributed by atoms with E-state index in [9.17, 15) is 22.0 Å². The lowest BCUT2D eigenvalue weighted by molar-refractivity contribution is -0.125. The summed E-state index contributed by atoms with van der Waals surface area (Å²) in [5.41, 5.74) is 1.40. The monoisotopic (exact) mass is 504 g/mol. The van der Waals surface area contributed by atoms with Gasteiger partial charge in [-0.15, -0.1) is 0 Å². The maximum Gasteiger partial charge on any atom is 0.264 e. The first kappa shape index (κ1) is 22.7. The molecule has 6 nitrogen and oxygen atoms in total. The van der Waals surface area contributed by atoms with Crippen molar-refractivity contribution in [3.8, 4) is 5.75 Å². The molecule has 0 radical (unpaired) electrons. The number of aromatic nitrogens is 1. The van der Waals surface area contributed by atoms with Gasteiger partial charge in [-0.25, -0.2) is 17.2 Å². The Hall–Kier alpha value is -3.04. The fourth-order valence-corrected chi connectivity index (χ4v) is 5.81. The lowest BCUT2D eigenvalue weighted by atomic mass is 9.64. The molecule has 0 amide bonds. The van der Waals surface area contributed by atoms with E-state index in [4.69, 9.17) is 16.3 Å². The third-order valence-electron chi connectivity index (χ3n) is 6.40. The molecule has 5 rings (SSSR count). The van der Waals surface area contributed by atoms with Crippen LogP contribution in [-0.2, 0) is 33.3 Å². The number of pyridine rings is 1. The number of halogens is 3. The smallest absolute Gasteiger partial charge is 0.264 e. The van der Waals surface area contributed by atoms with Gasteiger partial charge in [0, 0.05) is 23.1 Å². The second-order valence-electron chi connectivity index (χ2n) is 8.47. The summed E-state index contributed by atoms with van der Waals surface area (Å²) in [6.45, 7) is -0.00404. The van der Waals surface area contributed by atoms with Crippen molar-refractivity contribution < 1.29 is 26.7 Å². The highest BCUT2D eigenvalue weighted by atomic mass is 35.5. The third kappa shape index (κ3) is 3.92. The molecule has 0 aliphatic heterocycles. The first-order chi connectivity index (χ1) is 16.2. The van der Waals surface area contributed by atoms with E-state index in [1.54, 1.807) is 6.07 Å². The van der Waals surface area contributed by atoms with Crippen LogP contribution in [0.3, 0.4) is 0 Å². The molecular weight excluding hydrogens is 486 g/mol. The van der Waals surface area contributed by atoms with Crippen LogP contribution in [0.5, 0.6) is 5.75 Å². The Kier molecular flexibility index (Phi) is 5.56. The zero-order chi connectivity index (χ0) is 24.1. The summed E-state index contributed by atoms with van der Waals surface area (Å²) in [7, 11) is -4.28. The normalized spacial score (nSPS) is 16.3. The van der Waals surface area contributed by atoms with Crippen LogP contribution < -0.4 is 9.46 Å². The van der Waals surface area contributed by atoms with E-state index in [-0.39, 0.29) is 29.5 Å². The summed E-state index contributed by atoms with van der Waals surface area (Å²) in [6, 6.07) is 9.13. The van der Waals surface area contributed by atoms with Crippen LogP contribution in [0.2, 0.25) is 5.02 Å².